The van der Waals surface area contributed by atoms with Crippen molar-refractivity contribution >= 4 is 5.97 Å². The Balaban J connectivity index is 1.58. The highest BCUT2D eigenvalue weighted by atomic mass is 16.5. The summed E-state index contributed by atoms with van der Waals surface area (Å²) in [6.45, 7) is 5.76. The van der Waals surface area contributed by atoms with E-state index in [0.717, 1.165) is 25.3 Å². The molecule has 0 aromatic carbocycles. The molecule has 26 heavy (non-hydrogen) atoms. The van der Waals surface area contributed by atoms with Crippen molar-refractivity contribution < 1.29 is 14.4 Å². The van der Waals surface area contributed by atoms with Gasteiger partial charge in [-0.05, 0) is 37.1 Å². The molecule has 0 radical (unpaired) electrons. The molecule has 6 heteroatoms. The highest BCUT2D eigenvalue weighted by Crippen LogP contribution is 2.58. The molecule has 2 saturated carbocycles. The zero-order chi connectivity index (χ0) is 18.6. The van der Waals surface area contributed by atoms with E-state index in [2.05, 4.69) is 29.3 Å². The standard InChI is InChI=1S/C20H33N3O3/c1-14(2)12-21-13-17-22-19(26-23-17)20(11-18(24)25)10-16(20)9-8-15-6-4-3-5-7-15/h14-16,21H,3-13H2,1-2H3,(H,24,25). The summed E-state index contributed by atoms with van der Waals surface area (Å²) in [6, 6.07) is 0. The lowest BCUT2D eigenvalue weighted by Crippen LogP contribution is -2.20. The van der Waals surface area contributed by atoms with Gasteiger partial charge in [-0.1, -0.05) is 57.5 Å². The van der Waals surface area contributed by atoms with E-state index < -0.39 is 11.4 Å². The predicted molar refractivity (Wildman–Crippen MR) is 98.7 cm³/mol. The second-order valence-electron chi connectivity index (χ2n) is 8.75. The van der Waals surface area contributed by atoms with Crippen LogP contribution >= 0.6 is 0 Å². The van der Waals surface area contributed by atoms with Crippen molar-refractivity contribution in [1.29, 1.82) is 0 Å². The first-order chi connectivity index (χ1) is 12.5. The van der Waals surface area contributed by atoms with E-state index in [0.29, 0.717) is 30.1 Å². The third-order valence-electron chi connectivity index (χ3n) is 6.08. The summed E-state index contributed by atoms with van der Waals surface area (Å²) in [5.74, 6) is 2.15. The van der Waals surface area contributed by atoms with Gasteiger partial charge in [-0.3, -0.25) is 4.79 Å². The molecule has 1 heterocycles. The Morgan fingerprint density at radius 3 is 2.77 bits per heavy atom. The van der Waals surface area contributed by atoms with Crippen LogP contribution in [-0.2, 0) is 16.8 Å². The second kappa shape index (κ2) is 8.51. The normalized spacial score (nSPS) is 26.3. The summed E-state index contributed by atoms with van der Waals surface area (Å²) >= 11 is 0. The van der Waals surface area contributed by atoms with Crippen molar-refractivity contribution in [1.82, 2.24) is 15.5 Å². The molecule has 146 valence electrons. The zero-order valence-electron chi connectivity index (χ0n) is 16.2. The Bertz CT molecular complexity index is 595. The number of rotatable bonds is 10. The maximum atomic E-state index is 11.4. The number of carboxylic acid groups (broad SMARTS) is 1. The van der Waals surface area contributed by atoms with Crippen LogP contribution in [0.1, 0.15) is 83.3 Å². The Morgan fingerprint density at radius 2 is 2.08 bits per heavy atom. The molecule has 2 unspecified atom stereocenters. The van der Waals surface area contributed by atoms with Crippen molar-refractivity contribution in [2.75, 3.05) is 6.54 Å². The quantitative estimate of drug-likeness (QED) is 0.655. The monoisotopic (exact) mass is 363 g/mol. The number of carbonyl (C=O) groups is 1. The summed E-state index contributed by atoms with van der Waals surface area (Å²) in [6.07, 6.45) is 10.0. The lowest BCUT2D eigenvalue weighted by Gasteiger charge is -2.21. The molecule has 3 rings (SSSR count). The Kier molecular flexibility index (Phi) is 6.33. The van der Waals surface area contributed by atoms with Gasteiger partial charge in [0.15, 0.2) is 5.82 Å². The van der Waals surface area contributed by atoms with E-state index in [9.17, 15) is 9.90 Å². The fraction of sp³-hybridized carbons (Fsp3) is 0.850. The number of nitrogens with zero attached hydrogens (tertiary/aromatic N) is 2. The molecule has 2 N–H and O–H groups in total. The van der Waals surface area contributed by atoms with E-state index in [1.165, 1.54) is 38.5 Å². The molecule has 0 amide bonds. The van der Waals surface area contributed by atoms with E-state index in [-0.39, 0.29) is 6.42 Å². The van der Waals surface area contributed by atoms with Crippen molar-refractivity contribution in [3.05, 3.63) is 11.7 Å². The van der Waals surface area contributed by atoms with Gasteiger partial charge >= 0.3 is 5.97 Å². The number of aliphatic carboxylic acids is 1. The van der Waals surface area contributed by atoms with E-state index in [1.54, 1.807) is 0 Å². The van der Waals surface area contributed by atoms with Crippen LogP contribution in [0.25, 0.3) is 0 Å². The topological polar surface area (TPSA) is 88.2 Å². The van der Waals surface area contributed by atoms with Crippen molar-refractivity contribution in [3.8, 4) is 0 Å². The van der Waals surface area contributed by atoms with Crippen LogP contribution in [0.2, 0.25) is 0 Å². The lowest BCUT2D eigenvalue weighted by molar-refractivity contribution is -0.138. The van der Waals surface area contributed by atoms with Crippen LogP contribution < -0.4 is 5.32 Å². The minimum Gasteiger partial charge on any atom is -0.481 e. The summed E-state index contributed by atoms with van der Waals surface area (Å²) in [7, 11) is 0. The number of nitrogens with one attached hydrogen (secondary N) is 1. The van der Waals surface area contributed by atoms with Gasteiger partial charge < -0.3 is 14.9 Å². The molecular weight excluding hydrogens is 330 g/mol. The van der Waals surface area contributed by atoms with Crippen LogP contribution in [0.4, 0.5) is 0 Å². The third-order valence-corrected chi connectivity index (χ3v) is 6.08. The number of carboxylic acids is 1. The largest absolute Gasteiger partial charge is 0.481 e. The number of aromatic nitrogens is 2. The van der Waals surface area contributed by atoms with Gasteiger partial charge in [-0.25, -0.2) is 0 Å². The molecule has 0 aliphatic heterocycles. The molecule has 1 aromatic rings. The summed E-state index contributed by atoms with van der Waals surface area (Å²) in [5.41, 5.74) is -0.427. The molecule has 0 saturated heterocycles. The van der Waals surface area contributed by atoms with Gasteiger partial charge in [0.1, 0.15) is 0 Å². The average Bonchev–Trinajstić information content (AvgIpc) is 3.07. The maximum Gasteiger partial charge on any atom is 0.304 e. The Hall–Kier alpha value is -1.43. The summed E-state index contributed by atoms with van der Waals surface area (Å²) in [4.78, 5) is 16.0. The lowest BCUT2D eigenvalue weighted by atomic mass is 9.84. The van der Waals surface area contributed by atoms with E-state index in [1.807, 2.05) is 0 Å². The smallest absolute Gasteiger partial charge is 0.304 e. The second-order valence-corrected chi connectivity index (χ2v) is 8.75. The van der Waals surface area contributed by atoms with Crippen LogP contribution in [0.5, 0.6) is 0 Å². The van der Waals surface area contributed by atoms with Gasteiger partial charge in [0, 0.05) is 0 Å². The van der Waals surface area contributed by atoms with Gasteiger partial charge in [-0.15, -0.1) is 0 Å². The van der Waals surface area contributed by atoms with Crippen molar-refractivity contribution in [3.63, 3.8) is 0 Å². The molecule has 1 aromatic heterocycles. The highest BCUT2D eigenvalue weighted by Gasteiger charge is 2.60. The first-order valence-corrected chi connectivity index (χ1v) is 10.2. The minimum atomic E-state index is -0.775. The van der Waals surface area contributed by atoms with Crippen LogP contribution in [0.3, 0.4) is 0 Å². The fourth-order valence-electron chi connectivity index (χ4n) is 4.50. The average molecular weight is 364 g/mol. The molecule has 6 nitrogen and oxygen atoms in total. The number of hydrogen-bond acceptors (Lipinski definition) is 5. The van der Waals surface area contributed by atoms with Gasteiger partial charge in [0.25, 0.3) is 0 Å². The Labute approximate surface area is 156 Å². The molecular formula is C20H33N3O3. The zero-order valence-corrected chi connectivity index (χ0v) is 16.2. The maximum absolute atomic E-state index is 11.4. The van der Waals surface area contributed by atoms with Crippen molar-refractivity contribution in [2.45, 2.75) is 83.6 Å². The molecule has 2 fully saturated rings. The molecule has 2 aliphatic rings. The SMILES string of the molecule is CC(C)CNCc1noc(C2(CC(=O)O)CC2CCC2CCCCC2)n1. The number of hydrogen-bond donors (Lipinski definition) is 2. The van der Waals surface area contributed by atoms with E-state index in [4.69, 9.17) is 4.52 Å². The molecule has 0 spiro atoms. The van der Waals surface area contributed by atoms with Crippen LogP contribution in [0, 0.1) is 17.8 Å². The van der Waals surface area contributed by atoms with Gasteiger partial charge in [0.05, 0.1) is 18.4 Å². The Morgan fingerprint density at radius 1 is 1.31 bits per heavy atom. The summed E-state index contributed by atoms with van der Waals surface area (Å²) < 4.78 is 5.51. The fourth-order valence-corrected chi connectivity index (χ4v) is 4.50. The van der Waals surface area contributed by atoms with Crippen LogP contribution in [0.15, 0.2) is 4.52 Å². The molecule has 2 atom stereocenters. The third kappa shape index (κ3) is 4.84. The van der Waals surface area contributed by atoms with Crippen LogP contribution in [-0.4, -0.2) is 27.8 Å². The summed E-state index contributed by atoms with van der Waals surface area (Å²) in [5, 5.41) is 16.8. The first kappa shape index (κ1) is 19.3. The highest BCUT2D eigenvalue weighted by molar-refractivity contribution is 5.69. The first-order valence-electron chi connectivity index (χ1n) is 10.2. The predicted octanol–water partition coefficient (Wildman–Crippen LogP) is 3.91. The minimum absolute atomic E-state index is 0.101. The molecule has 2 aliphatic carbocycles. The molecule has 0 bridgehead atoms. The van der Waals surface area contributed by atoms with E-state index >= 15 is 0 Å². The van der Waals surface area contributed by atoms with Crippen molar-refractivity contribution in [2.24, 2.45) is 17.8 Å². The van der Waals surface area contributed by atoms with Gasteiger partial charge in [0.2, 0.25) is 5.89 Å². The van der Waals surface area contributed by atoms with Gasteiger partial charge in [-0.2, -0.15) is 4.98 Å².